The molecule has 2 aliphatic carbocycles. The zero-order valence-electron chi connectivity index (χ0n) is 29.6. The molecule has 0 bridgehead atoms. The molecule has 1 amide bonds. The van der Waals surface area contributed by atoms with Crippen molar-refractivity contribution in [2.45, 2.75) is 76.9 Å². The van der Waals surface area contributed by atoms with Gasteiger partial charge in [-0.3, -0.25) is 4.79 Å². The van der Waals surface area contributed by atoms with E-state index >= 15 is 8.42 Å². The van der Waals surface area contributed by atoms with Crippen LogP contribution in [0.5, 0.6) is 5.75 Å². The van der Waals surface area contributed by atoms with E-state index < -0.39 is 14.1 Å². The molecule has 2 saturated carbocycles. The fraction of sp³-hybridized carbons (Fsp3) is 0.487. The van der Waals surface area contributed by atoms with Gasteiger partial charge in [0.2, 0.25) is 0 Å². The summed E-state index contributed by atoms with van der Waals surface area (Å²) in [5.41, 5.74) is 6.90. The molecule has 10 nitrogen and oxygen atoms in total. The summed E-state index contributed by atoms with van der Waals surface area (Å²) in [4.78, 5) is 16.3. The zero-order chi connectivity index (χ0) is 34.9. The van der Waals surface area contributed by atoms with Crippen molar-refractivity contribution in [1.82, 2.24) is 18.3 Å². The van der Waals surface area contributed by atoms with Gasteiger partial charge in [0.25, 0.3) is 5.91 Å². The number of nitrogens with zero attached hydrogens (tertiary/aromatic N) is 4. The number of aromatic nitrogens is 1. The molecule has 1 saturated heterocycles. The minimum atomic E-state index is -4.10. The van der Waals surface area contributed by atoms with Crippen molar-refractivity contribution in [2.75, 3.05) is 40.8 Å². The van der Waals surface area contributed by atoms with E-state index in [1.54, 1.807) is 26.1 Å². The Morgan fingerprint density at radius 3 is 2.36 bits per heavy atom. The summed E-state index contributed by atoms with van der Waals surface area (Å²) in [5.74, 6) is 1.44. The maximum atomic E-state index is 15.3. The van der Waals surface area contributed by atoms with Crippen LogP contribution in [0.4, 0.5) is 5.69 Å². The Hall–Kier alpha value is -3.77. The van der Waals surface area contributed by atoms with Crippen LogP contribution in [0.1, 0.15) is 103 Å². The second-order valence-corrected chi connectivity index (χ2v) is 17.2. The molecule has 264 valence electrons. The van der Waals surface area contributed by atoms with Gasteiger partial charge in [0.05, 0.1) is 24.9 Å². The first kappa shape index (κ1) is 33.4. The number of methoxy groups -OCH3 is 1. The predicted octanol–water partition coefficient (Wildman–Crippen LogP) is 6.94. The SMILES string of the molecule is COc1ccc2c(c1)C=C(c1c(C(=O)N3C[C@@H](C)O[C@@H](C)C3)noc1C1CC1)C[N+]1(S(=O)(=O)N(C)C)C2=C(C2CCCCC2)c2ccccc21. The topological polar surface area (TPSA) is 102 Å². The number of allylic oxidation sites excluding steroid dienone is 1. The summed E-state index contributed by atoms with van der Waals surface area (Å²) in [7, 11) is 0.787. The van der Waals surface area contributed by atoms with E-state index in [1.807, 2.05) is 50.2 Å². The minimum absolute atomic E-state index is 0.0667. The average molecular weight is 700 g/mol. The molecular weight excluding hydrogens is 653 g/mol. The highest BCUT2D eigenvalue weighted by Gasteiger charge is 2.60. The van der Waals surface area contributed by atoms with Crippen molar-refractivity contribution in [3.8, 4) is 5.75 Å². The molecule has 2 aromatic carbocycles. The number of quaternary nitrogens is 1. The summed E-state index contributed by atoms with van der Waals surface area (Å²) in [5, 5.41) is 4.48. The van der Waals surface area contributed by atoms with Gasteiger partial charge in [0.15, 0.2) is 17.1 Å². The standard InChI is InChI=1S/C39H47N4O6S/c1-24-21-42(22-25(2)48-24)39(44)36-35(38(49-40-36)27-15-16-27)29-19-28-20-30(47-5)17-18-31(28)37-34(26-11-7-6-8-12-26)32-13-9-10-14-33(32)43(37,23-29)50(45,46)41(3)4/h9-10,13-14,17-20,24-27H,6-8,11-12,15-16,21-23H2,1-5H3/q+1/t24-,25+,43?. The molecule has 5 aliphatic rings. The molecule has 1 unspecified atom stereocenters. The zero-order valence-corrected chi connectivity index (χ0v) is 30.5. The highest BCUT2D eigenvalue weighted by molar-refractivity contribution is 7.89. The molecule has 3 aromatic rings. The summed E-state index contributed by atoms with van der Waals surface area (Å²) >= 11 is 0. The van der Waals surface area contributed by atoms with Crippen LogP contribution < -0.4 is 8.63 Å². The van der Waals surface area contributed by atoms with Crippen molar-refractivity contribution in [3.63, 3.8) is 0 Å². The Morgan fingerprint density at radius 2 is 1.68 bits per heavy atom. The Morgan fingerprint density at radius 1 is 0.960 bits per heavy atom. The van der Waals surface area contributed by atoms with Crippen LogP contribution >= 0.6 is 0 Å². The number of hydrogen-bond donors (Lipinski definition) is 0. The Kier molecular flexibility index (Phi) is 8.33. The van der Waals surface area contributed by atoms with E-state index in [9.17, 15) is 4.79 Å². The number of carbonyl (C=O) groups is 1. The molecular formula is C39H47N4O6S+. The van der Waals surface area contributed by atoms with E-state index in [2.05, 4.69) is 17.3 Å². The van der Waals surface area contributed by atoms with E-state index in [0.717, 1.165) is 72.2 Å². The smallest absolute Gasteiger partial charge is 0.382 e. The summed E-state index contributed by atoms with van der Waals surface area (Å²) in [6.07, 6.45) is 9.09. The number of hydrogen-bond acceptors (Lipinski definition) is 7. The van der Waals surface area contributed by atoms with Crippen molar-refractivity contribution in [2.24, 2.45) is 5.92 Å². The van der Waals surface area contributed by atoms with Gasteiger partial charge in [0, 0.05) is 61.4 Å². The predicted molar refractivity (Wildman–Crippen MR) is 194 cm³/mol. The fourth-order valence-electron chi connectivity index (χ4n) is 8.87. The van der Waals surface area contributed by atoms with Crippen molar-refractivity contribution in [3.05, 3.63) is 76.2 Å². The van der Waals surface area contributed by atoms with Gasteiger partial charge in [-0.2, -0.15) is 12.7 Å². The third-order valence-electron chi connectivity index (χ3n) is 11.2. The molecule has 0 N–H and O–H groups in total. The van der Waals surface area contributed by atoms with E-state index in [1.165, 1.54) is 10.7 Å². The number of carbonyl (C=O) groups excluding carboxylic acids is 1. The second-order valence-electron chi connectivity index (χ2n) is 14.9. The first-order valence-corrected chi connectivity index (χ1v) is 19.4. The molecule has 11 heteroatoms. The maximum Gasteiger partial charge on any atom is 0.382 e. The number of rotatable bonds is 7. The lowest BCUT2D eigenvalue weighted by molar-refractivity contribution is -0.0588. The van der Waals surface area contributed by atoms with E-state index in [4.69, 9.17) is 14.0 Å². The minimum Gasteiger partial charge on any atom is -0.497 e. The van der Waals surface area contributed by atoms with Crippen LogP contribution in [-0.4, -0.2) is 81.7 Å². The summed E-state index contributed by atoms with van der Waals surface area (Å²) < 4.78 is 49.4. The van der Waals surface area contributed by atoms with Crippen LogP contribution in [0.25, 0.3) is 22.9 Å². The maximum absolute atomic E-state index is 15.3. The third kappa shape index (κ3) is 5.19. The lowest BCUT2D eigenvalue weighted by Crippen LogP contribution is -2.56. The van der Waals surface area contributed by atoms with Gasteiger partial charge in [0.1, 0.15) is 18.1 Å². The molecule has 0 radical (unpaired) electrons. The Balaban J connectivity index is 1.43. The number of amides is 1. The van der Waals surface area contributed by atoms with Gasteiger partial charge >= 0.3 is 10.2 Å². The molecule has 3 fully saturated rings. The Labute approximate surface area is 295 Å². The van der Waals surface area contributed by atoms with Crippen LogP contribution in [0.15, 0.2) is 47.0 Å². The molecule has 4 heterocycles. The normalized spacial score (nSPS) is 25.6. The van der Waals surface area contributed by atoms with Gasteiger partial charge < -0.3 is 18.9 Å². The first-order valence-electron chi connectivity index (χ1n) is 18.0. The quantitative estimate of drug-likeness (QED) is 0.246. The van der Waals surface area contributed by atoms with Crippen molar-refractivity contribution >= 4 is 44.7 Å². The molecule has 8 rings (SSSR count). The van der Waals surface area contributed by atoms with Gasteiger partial charge in [-0.05, 0) is 81.4 Å². The molecule has 50 heavy (non-hydrogen) atoms. The van der Waals surface area contributed by atoms with Gasteiger partial charge in [-0.15, -0.1) is 3.89 Å². The summed E-state index contributed by atoms with van der Waals surface area (Å²) in [6.45, 7) is 4.88. The molecule has 1 aromatic heterocycles. The number of benzene rings is 2. The second kappa shape index (κ2) is 12.5. The molecule has 3 aliphatic heterocycles. The van der Waals surface area contributed by atoms with Gasteiger partial charge in [-0.1, -0.05) is 36.6 Å². The number of fused-ring (bicyclic) bond motifs is 5. The summed E-state index contributed by atoms with van der Waals surface area (Å²) in [6, 6.07) is 14.0. The molecule has 3 atom stereocenters. The van der Waals surface area contributed by atoms with Crippen LogP contribution in [0.2, 0.25) is 0 Å². The lowest BCUT2D eigenvalue weighted by atomic mass is 9.80. The van der Waals surface area contributed by atoms with E-state index in [-0.39, 0.29) is 42.2 Å². The number of morpholine rings is 1. The van der Waals surface area contributed by atoms with Crippen LogP contribution in [0, 0.1) is 5.92 Å². The molecule has 0 spiro atoms. The van der Waals surface area contributed by atoms with Crippen LogP contribution in [0.3, 0.4) is 0 Å². The first-order chi connectivity index (χ1) is 24.0. The van der Waals surface area contributed by atoms with E-state index in [0.29, 0.717) is 35.7 Å². The van der Waals surface area contributed by atoms with Crippen molar-refractivity contribution in [1.29, 1.82) is 0 Å². The average Bonchev–Trinajstić information content (AvgIpc) is 3.82. The third-order valence-corrected chi connectivity index (χ3v) is 13.4. The van der Waals surface area contributed by atoms with Crippen molar-refractivity contribution < 1.29 is 27.2 Å². The Bertz CT molecular complexity index is 2010. The van der Waals surface area contributed by atoms with Gasteiger partial charge in [-0.25, -0.2) is 0 Å². The van der Waals surface area contributed by atoms with Crippen LogP contribution in [-0.2, 0) is 14.9 Å². The monoisotopic (exact) mass is 699 g/mol. The largest absolute Gasteiger partial charge is 0.497 e. The number of ether oxygens (including phenoxy) is 2. The highest BCUT2D eigenvalue weighted by Crippen LogP contribution is 2.59. The lowest BCUT2D eigenvalue weighted by Gasteiger charge is -2.37. The highest BCUT2D eigenvalue weighted by atomic mass is 32.2. The fourth-order valence-corrected chi connectivity index (χ4v) is 10.6. The number of para-hydroxylation sites is 1.